The van der Waals surface area contributed by atoms with Gasteiger partial charge in [-0.05, 0) is 25.5 Å². The molecule has 0 saturated heterocycles. The third kappa shape index (κ3) is 3.08. The molecule has 5 nitrogen and oxygen atoms in total. The number of nitrogens with zero attached hydrogens (tertiary/aromatic N) is 1. The van der Waals surface area contributed by atoms with E-state index in [0.717, 1.165) is 5.56 Å². The first-order chi connectivity index (χ1) is 8.28. The summed E-state index contributed by atoms with van der Waals surface area (Å²) >= 11 is 0. The highest BCUT2D eigenvalue weighted by Gasteiger charge is 2.25. The van der Waals surface area contributed by atoms with Crippen LogP contribution in [-0.2, 0) is 10.0 Å². The molecule has 0 unspecified atom stereocenters. The Morgan fingerprint density at radius 3 is 2.44 bits per heavy atom. The molecule has 1 aromatic carbocycles. The van der Waals surface area contributed by atoms with Gasteiger partial charge in [-0.25, -0.2) is 8.42 Å². The number of hydrogen-bond acceptors (Lipinski definition) is 3. The fraction of sp³-hybridized carbons (Fsp3) is 0.417. The maximum Gasteiger partial charge on any atom is 0.243 e. The number of sulfonamides is 1. The molecule has 0 radical (unpaired) electrons. The third-order valence-electron chi connectivity index (χ3n) is 2.65. The molecule has 0 saturated carbocycles. The van der Waals surface area contributed by atoms with Crippen LogP contribution in [0.2, 0.25) is 0 Å². The molecule has 0 aliphatic carbocycles. The van der Waals surface area contributed by atoms with Crippen LogP contribution in [0, 0.1) is 19.3 Å². The van der Waals surface area contributed by atoms with Crippen molar-refractivity contribution in [2.75, 3.05) is 13.1 Å². The van der Waals surface area contributed by atoms with E-state index in [0.29, 0.717) is 5.56 Å². The monoisotopic (exact) mass is 269 g/mol. The number of nitrogens with one attached hydrogen (secondary N) is 1. The van der Waals surface area contributed by atoms with Crippen LogP contribution in [0.1, 0.15) is 18.1 Å². The van der Waals surface area contributed by atoms with E-state index in [-0.39, 0.29) is 23.8 Å². The van der Waals surface area contributed by atoms with Crippen LogP contribution < -0.4 is 5.73 Å². The molecule has 6 heteroatoms. The predicted octanol–water partition coefficient (Wildman–Crippen LogP) is 1.25. The summed E-state index contributed by atoms with van der Waals surface area (Å²) in [5.41, 5.74) is 7.00. The Bertz CT molecular complexity index is 552. The average Bonchev–Trinajstić information content (AvgIpc) is 2.24. The van der Waals surface area contributed by atoms with Crippen molar-refractivity contribution in [2.45, 2.75) is 25.7 Å². The zero-order chi connectivity index (χ0) is 13.9. The zero-order valence-corrected chi connectivity index (χ0v) is 11.7. The van der Waals surface area contributed by atoms with Crippen molar-refractivity contribution in [3.05, 3.63) is 29.3 Å². The Balaban J connectivity index is 3.23. The Hall–Kier alpha value is -1.40. The summed E-state index contributed by atoms with van der Waals surface area (Å²) in [5, 5.41) is 7.23. The summed E-state index contributed by atoms with van der Waals surface area (Å²) in [6.45, 7) is 5.61. The molecule has 18 heavy (non-hydrogen) atoms. The van der Waals surface area contributed by atoms with Crippen molar-refractivity contribution in [1.82, 2.24) is 4.31 Å². The van der Waals surface area contributed by atoms with Crippen molar-refractivity contribution in [1.29, 1.82) is 5.41 Å². The Kier molecular flexibility index (Phi) is 4.48. The lowest BCUT2D eigenvalue weighted by atomic mass is 10.2. The lowest BCUT2D eigenvalue weighted by Crippen LogP contribution is -2.38. The molecular weight excluding hydrogens is 250 g/mol. The van der Waals surface area contributed by atoms with Gasteiger partial charge < -0.3 is 5.73 Å². The van der Waals surface area contributed by atoms with Crippen LogP contribution in [0.4, 0.5) is 0 Å². The molecule has 0 fully saturated rings. The molecule has 0 aliphatic heterocycles. The molecule has 0 atom stereocenters. The van der Waals surface area contributed by atoms with Crippen LogP contribution >= 0.6 is 0 Å². The molecule has 3 N–H and O–H groups in total. The van der Waals surface area contributed by atoms with Gasteiger partial charge in [0.1, 0.15) is 5.84 Å². The zero-order valence-electron chi connectivity index (χ0n) is 10.9. The molecule has 1 rings (SSSR count). The summed E-state index contributed by atoms with van der Waals surface area (Å²) in [7, 11) is -3.58. The van der Waals surface area contributed by atoms with Gasteiger partial charge in [0, 0.05) is 6.54 Å². The quantitative estimate of drug-likeness (QED) is 0.623. The average molecular weight is 269 g/mol. The molecule has 0 spiro atoms. The fourth-order valence-electron chi connectivity index (χ4n) is 1.78. The molecule has 0 amide bonds. The SMILES string of the molecule is CCN(CC(=N)N)S(=O)(=O)c1ccc(C)cc1C. The fourth-order valence-corrected chi connectivity index (χ4v) is 3.42. The second kappa shape index (κ2) is 5.49. The summed E-state index contributed by atoms with van der Waals surface area (Å²) in [6, 6.07) is 5.19. The first-order valence-electron chi connectivity index (χ1n) is 5.69. The Labute approximate surface area is 108 Å². The summed E-state index contributed by atoms with van der Waals surface area (Å²) < 4.78 is 26.0. The maximum atomic E-state index is 12.4. The van der Waals surface area contributed by atoms with Gasteiger partial charge in [0.25, 0.3) is 0 Å². The van der Waals surface area contributed by atoms with E-state index in [2.05, 4.69) is 0 Å². The van der Waals surface area contributed by atoms with Crippen molar-refractivity contribution in [2.24, 2.45) is 5.73 Å². The molecule has 1 aromatic rings. The Morgan fingerprint density at radius 1 is 1.39 bits per heavy atom. The van der Waals surface area contributed by atoms with Crippen LogP contribution in [0.15, 0.2) is 23.1 Å². The molecule has 0 aromatic heterocycles. The lowest BCUT2D eigenvalue weighted by Gasteiger charge is -2.21. The van der Waals surface area contributed by atoms with Crippen LogP contribution in [0.5, 0.6) is 0 Å². The van der Waals surface area contributed by atoms with E-state index in [1.165, 1.54) is 4.31 Å². The van der Waals surface area contributed by atoms with Gasteiger partial charge in [-0.15, -0.1) is 0 Å². The number of likely N-dealkylation sites (N-methyl/N-ethyl adjacent to an activating group) is 1. The highest BCUT2D eigenvalue weighted by atomic mass is 32.2. The van der Waals surface area contributed by atoms with Gasteiger partial charge in [-0.1, -0.05) is 24.6 Å². The van der Waals surface area contributed by atoms with Crippen molar-refractivity contribution in [3.63, 3.8) is 0 Å². The van der Waals surface area contributed by atoms with Crippen molar-refractivity contribution in [3.8, 4) is 0 Å². The highest BCUT2D eigenvalue weighted by Crippen LogP contribution is 2.20. The van der Waals surface area contributed by atoms with E-state index < -0.39 is 10.0 Å². The normalized spacial score (nSPS) is 11.8. The molecular formula is C12H19N3O2S. The number of rotatable bonds is 5. The largest absolute Gasteiger partial charge is 0.387 e. The van der Waals surface area contributed by atoms with Crippen molar-refractivity contribution >= 4 is 15.9 Å². The minimum atomic E-state index is -3.58. The van der Waals surface area contributed by atoms with Gasteiger partial charge in [0.15, 0.2) is 0 Å². The van der Waals surface area contributed by atoms with Gasteiger partial charge in [0.2, 0.25) is 10.0 Å². The highest BCUT2D eigenvalue weighted by molar-refractivity contribution is 7.89. The van der Waals surface area contributed by atoms with E-state index in [9.17, 15) is 8.42 Å². The third-order valence-corrected chi connectivity index (χ3v) is 4.73. The topological polar surface area (TPSA) is 87.2 Å². The molecule has 100 valence electrons. The first-order valence-corrected chi connectivity index (χ1v) is 7.13. The number of benzene rings is 1. The van der Waals surface area contributed by atoms with E-state index >= 15 is 0 Å². The lowest BCUT2D eigenvalue weighted by molar-refractivity contribution is 0.465. The van der Waals surface area contributed by atoms with Crippen LogP contribution in [0.25, 0.3) is 0 Å². The molecule has 0 heterocycles. The molecule has 0 aliphatic rings. The predicted molar refractivity (Wildman–Crippen MR) is 72.3 cm³/mol. The minimum Gasteiger partial charge on any atom is -0.387 e. The van der Waals surface area contributed by atoms with Crippen LogP contribution in [0.3, 0.4) is 0 Å². The minimum absolute atomic E-state index is 0.0772. The summed E-state index contributed by atoms with van der Waals surface area (Å²) in [6.07, 6.45) is 0. The molecule has 0 bridgehead atoms. The summed E-state index contributed by atoms with van der Waals surface area (Å²) in [5.74, 6) is -0.162. The van der Waals surface area contributed by atoms with Crippen LogP contribution in [-0.4, -0.2) is 31.6 Å². The van der Waals surface area contributed by atoms with Crippen molar-refractivity contribution < 1.29 is 8.42 Å². The van der Waals surface area contributed by atoms with Gasteiger partial charge in [-0.3, -0.25) is 5.41 Å². The first kappa shape index (κ1) is 14.7. The smallest absolute Gasteiger partial charge is 0.243 e. The number of nitrogens with two attached hydrogens (primary N) is 1. The van der Waals surface area contributed by atoms with Gasteiger partial charge in [0.05, 0.1) is 11.4 Å². The van der Waals surface area contributed by atoms with E-state index in [1.54, 1.807) is 26.0 Å². The van der Waals surface area contributed by atoms with E-state index in [4.69, 9.17) is 11.1 Å². The maximum absolute atomic E-state index is 12.4. The van der Waals surface area contributed by atoms with E-state index in [1.807, 2.05) is 13.0 Å². The second-order valence-corrected chi connectivity index (χ2v) is 6.13. The summed E-state index contributed by atoms with van der Waals surface area (Å²) in [4.78, 5) is 0.274. The second-order valence-electron chi connectivity index (χ2n) is 4.23. The van der Waals surface area contributed by atoms with Gasteiger partial charge in [-0.2, -0.15) is 4.31 Å². The number of aryl methyl sites for hydroxylation is 2. The standard InChI is InChI=1S/C12H19N3O2S/c1-4-15(8-12(13)14)18(16,17)11-6-5-9(2)7-10(11)3/h5-7H,4,8H2,1-3H3,(H3,13,14). The Morgan fingerprint density at radius 2 is 2.00 bits per heavy atom. The number of amidine groups is 1. The number of hydrogen-bond donors (Lipinski definition) is 2. The van der Waals surface area contributed by atoms with Gasteiger partial charge >= 0.3 is 0 Å².